The number of nitrogens with zero attached hydrogens (tertiary/aromatic N) is 1. The number of non-ortho nitro benzene ring substituents is 1. The standard InChI is InChI=1S/C21H19N3O3S/c1-27-19-13-7-16(8-14-19)20(15-5-3-2-4-6-15)23-21(28)22-17-9-11-18(12-10-17)24(25)26/h2-14,20H,1H3,(H2,22,23,28)/t20-/m1/s1. The fourth-order valence-electron chi connectivity index (χ4n) is 2.77. The van der Waals surface area contributed by atoms with Crippen molar-refractivity contribution in [1.82, 2.24) is 5.32 Å². The Kier molecular flexibility index (Phi) is 6.18. The van der Waals surface area contributed by atoms with Crippen LogP contribution in [0.1, 0.15) is 17.2 Å². The number of nitro groups is 1. The predicted molar refractivity (Wildman–Crippen MR) is 114 cm³/mol. The van der Waals surface area contributed by atoms with Crippen LogP contribution in [0.2, 0.25) is 0 Å². The lowest BCUT2D eigenvalue weighted by Gasteiger charge is -2.22. The summed E-state index contributed by atoms with van der Waals surface area (Å²) in [7, 11) is 1.63. The van der Waals surface area contributed by atoms with Crippen LogP contribution in [0.3, 0.4) is 0 Å². The maximum atomic E-state index is 10.8. The minimum absolute atomic E-state index is 0.0322. The molecular formula is C21H19N3O3S. The Balaban J connectivity index is 1.78. The molecule has 0 spiro atoms. The molecule has 1 atom stereocenters. The first-order valence-corrected chi connectivity index (χ1v) is 8.98. The number of thiocarbonyl (C=S) groups is 1. The zero-order valence-electron chi connectivity index (χ0n) is 15.2. The molecule has 28 heavy (non-hydrogen) atoms. The average molecular weight is 393 g/mol. The van der Waals surface area contributed by atoms with Crippen LogP contribution in [0, 0.1) is 10.1 Å². The van der Waals surface area contributed by atoms with Gasteiger partial charge in [-0.15, -0.1) is 0 Å². The molecular weight excluding hydrogens is 374 g/mol. The molecule has 0 fully saturated rings. The summed E-state index contributed by atoms with van der Waals surface area (Å²) in [4.78, 5) is 10.3. The number of nitro benzene ring substituents is 1. The molecule has 3 aromatic rings. The molecule has 0 radical (unpaired) electrons. The van der Waals surface area contributed by atoms with E-state index in [1.54, 1.807) is 19.2 Å². The molecule has 3 rings (SSSR count). The third kappa shape index (κ3) is 4.83. The topological polar surface area (TPSA) is 76.4 Å². The number of ether oxygens (including phenoxy) is 1. The molecule has 0 bridgehead atoms. The number of benzene rings is 3. The molecule has 0 aliphatic heterocycles. The molecule has 0 heterocycles. The van der Waals surface area contributed by atoms with Gasteiger partial charge in [0.25, 0.3) is 5.69 Å². The highest BCUT2D eigenvalue weighted by atomic mass is 32.1. The van der Waals surface area contributed by atoms with Crippen LogP contribution >= 0.6 is 12.2 Å². The SMILES string of the molecule is COc1ccc([C@H](NC(=S)Nc2ccc([N+](=O)[O-])cc2)c2ccccc2)cc1. The second-order valence-electron chi connectivity index (χ2n) is 6.02. The fraction of sp³-hybridized carbons (Fsp3) is 0.0952. The molecule has 142 valence electrons. The van der Waals surface area contributed by atoms with Gasteiger partial charge in [0.05, 0.1) is 18.1 Å². The first kappa shape index (κ1) is 19.3. The average Bonchev–Trinajstić information content (AvgIpc) is 2.73. The van der Waals surface area contributed by atoms with E-state index >= 15 is 0 Å². The van der Waals surface area contributed by atoms with Gasteiger partial charge in [-0.25, -0.2) is 0 Å². The normalized spacial score (nSPS) is 11.3. The van der Waals surface area contributed by atoms with Crippen LogP contribution in [0.5, 0.6) is 5.75 Å². The zero-order chi connectivity index (χ0) is 19.9. The van der Waals surface area contributed by atoms with E-state index in [0.717, 1.165) is 16.9 Å². The lowest BCUT2D eigenvalue weighted by molar-refractivity contribution is -0.384. The molecule has 0 saturated heterocycles. The number of hydrogen-bond donors (Lipinski definition) is 2. The van der Waals surface area contributed by atoms with E-state index in [1.807, 2.05) is 54.6 Å². The quantitative estimate of drug-likeness (QED) is 0.360. The maximum absolute atomic E-state index is 10.8. The van der Waals surface area contributed by atoms with Crippen molar-refractivity contribution in [2.75, 3.05) is 12.4 Å². The Labute approximate surface area is 168 Å². The molecule has 7 heteroatoms. The summed E-state index contributed by atoms with van der Waals surface area (Å²) in [6.07, 6.45) is 0. The molecule has 0 amide bonds. The van der Waals surface area contributed by atoms with Gasteiger partial charge in [0.1, 0.15) is 5.75 Å². The van der Waals surface area contributed by atoms with Crippen molar-refractivity contribution in [2.45, 2.75) is 6.04 Å². The highest BCUT2D eigenvalue weighted by molar-refractivity contribution is 7.80. The second kappa shape index (κ2) is 8.96. The van der Waals surface area contributed by atoms with Gasteiger partial charge in [0.2, 0.25) is 0 Å². The highest BCUT2D eigenvalue weighted by Gasteiger charge is 2.15. The number of methoxy groups -OCH3 is 1. The second-order valence-corrected chi connectivity index (χ2v) is 6.43. The van der Waals surface area contributed by atoms with Gasteiger partial charge in [0.15, 0.2) is 5.11 Å². The van der Waals surface area contributed by atoms with Crippen molar-refractivity contribution in [3.63, 3.8) is 0 Å². The van der Waals surface area contributed by atoms with Crippen molar-refractivity contribution >= 4 is 28.7 Å². The Morgan fingerprint density at radius 2 is 1.57 bits per heavy atom. The number of rotatable bonds is 6. The van der Waals surface area contributed by atoms with Crippen LogP contribution in [-0.2, 0) is 0 Å². The van der Waals surface area contributed by atoms with Gasteiger partial charge in [-0.2, -0.15) is 0 Å². The minimum atomic E-state index is -0.435. The smallest absolute Gasteiger partial charge is 0.269 e. The lowest BCUT2D eigenvalue weighted by atomic mass is 9.99. The van der Waals surface area contributed by atoms with E-state index in [2.05, 4.69) is 10.6 Å². The largest absolute Gasteiger partial charge is 0.497 e. The summed E-state index contributed by atoms with van der Waals surface area (Å²) in [6.45, 7) is 0. The molecule has 2 N–H and O–H groups in total. The Hall–Kier alpha value is -3.45. The summed E-state index contributed by atoms with van der Waals surface area (Å²) < 4.78 is 5.23. The maximum Gasteiger partial charge on any atom is 0.269 e. The number of nitrogens with one attached hydrogen (secondary N) is 2. The van der Waals surface area contributed by atoms with Crippen molar-refractivity contribution in [2.24, 2.45) is 0 Å². The summed E-state index contributed by atoms with van der Waals surface area (Å²) >= 11 is 5.46. The van der Waals surface area contributed by atoms with E-state index in [4.69, 9.17) is 17.0 Å². The molecule has 0 aliphatic carbocycles. The Bertz CT molecular complexity index is 945. The predicted octanol–water partition coefficient (Wildman–Crippen LogP) is 4.68. The van der Waals surface area contributed by atoms with Crippen LogP contribution in [0.25, 0.3) is 0 Å². The summed E-state index contributed by atoms with van der Waals surface area (Å²) in [5.41, 5.74) is 2.79. The van der Waals surface area contributed by atoms with E-state index in [1.165, 1.54) is 12.1 Å². The lowest BCUT2D eigenvalue weighted by Crippen LogP contribution is -2.33. The monoisotopic (exact) mass is 393 g/mol. The molecule has 0 aliphatic rings. The Morgan fingerprint density at radius 1 is 0.964 bits per heavy atom. The van der Waals surface area contributed by atoms with Gasteiger partial charge < -0.3 is 15.4 Å². The van der Waals surface area contributed by atoms with E-state index in [0.29, 0.717) is 10.8 Å². The highest BCUT2D eigenvalue weighted by Crippen LogP contribution is 2.24. The fourth-order valence-corrected chi connectivity index (χ4v) is 3.00. The molecule has 0 unspecified atom stereocenters. The van der Waals surface area contributed by atoms with Crippen molar-refractivity contribution < 1.29 is 9.66 Å². The van der Waals surface area contributed by atoms with Crippen molar-refractivity contribution in [1.29, 1.82) is 0 Å². The van der Waals surface area contributed by atoms with Crippen LogP contribution in [-0.4, -0.2) is 17.1 Å². The van der Waals surface area contributed by atoms with Crippen molar-refractivity contribution in [3.8, 4) is 5.75 Å². The van der Waals surface area contributed by atoms with E-state index in [9.17, 15) is 10.1 Å². The van der Waals surface area contributed by atoms with Crippen LogP contribution in [0.4, 0.5) is 11.4 Å². The van der Waals surface area contributed by atoms with E-state index < -0.39 is 4.92 Å². The Morgan fingerprint density at radius 3 is 2.14 bits per heavy atom. The summed E-state index contributed by atoms with van der Waals surface area (Å²) in [6, 6.07) is 23.7. The third-order valence-corrected chi connectivity index (χ3v) is 4.41. The first-order chi connectivity index (χ1) is 13.6. The summed E-state index contributed by atoms with van der Waals surface area (Å²) in [5, 5.41) is 17.6. The number of anilines is 1. The molecule has 0 aromatic heterocycles. The van der Waals surface area contributed by atoms with Gasteiger partial charge in [-0.05, 0) is 47.6 Å². The van der Waals surface area contributed by atoms with Crippen LogP contribution < -0.4 is 15.4 Å². The summed E-state index contributed by atoms with van der Waals surface area (Å²) in [5.74, 6) is 0.780. The molecule has 3 aromatic carbocycles. The third-order valence-electron chi connectivity index (χ3n) is 4.19. The van der Waals surface area contributed by atoms with Crippen molar-refractivity contribution in [3.05, 3.63) is 100 Å². The van der Waals surface area contributed by atoms with Gasteiger partial charge in [-0.1, -0.05) is 42.5 Å². The zero-order valence-corrected chi connectivity index (χ0v) is 16.0. The molecule has 6 nitrogen and oxygen atoms in total. The van der Waals surface area contributed by atoms with Gasteiger partial charge in [-0.3, -0.25) is 10.1 Å². The first-order valence-electron chi connectivity index (χ1n) is 8.57. The van der Waals surface area contributed by atoms with Gasteiger partial charge in [0, 0.05) is 17.8 Å². The van der Waals surface area contributed by atoms with E-state index in [-0.39, 0.29) is 11.7 Å². The van der Waals surface area contributed by atoms with Gasteiger partial charge >= 0.3 is 0 Å². The minimum Gasteiger partial charge on any atom is -0.497 e. The number of hydrogen-bond acceptors (Lipinski definition) is 4. The molecule has 0 saturated carbocycles. The van der Waals surface area contributed by atoms with Crippen LogP contribution in [0.15, 0.2) is 78.9 Å².